The standard InChI is InChI=1S/C15H30N4O3Si/c1-23(2,3)9-8-22-11-19-14(16-17-18-19)10-13(15(20)21)12-6-4-5-7-12/h12-13,17-18H,4-11H2,1-3H3,(H,20,21)/t13-/m1/s1. The Hall–Kier alpha value is -1.12. The number of hydrogen-bond donors (Lipinski definition) is 3. The molecule has 1 atom stereocenters. The molecule has 0 aromatic heterocycles. The number of aliphatic carboxylic acids is 1. The number of hydrogen-bond acceptors (Lipinski definition) is 6. The molecule has 1 aliphatic carbocycles. The number of amidine groups is 1. The van der Waals surface area contributed by atoms with Gasteiger partial charge >= 0.3 is 5.97 Å². The van der Waals surface area contributed by atoms with E-state index in [0.717, 1.165) is 44.2 Å². The Morgan fingerprint density at radius 1 is 1.43 bits per heavy atom. The van der Waals surface area contributed by atoms with Crippen LogP contribution in [0, 0.1) is 11.8 Å². The van der Waals surface area contributed by atoms with Crippen molar-refractivity contribution in [2.75, 3.05) is 13.3 Å². The average Bonchev–Trinajstić information content (AvgIpc) is 3.11. The highest BCUT2D eigenvalue weighted by Crippen LogP contribution is 2.33. The molecule has 23 heavy (non-hydrogen) atoms. The maximum absolute atomic E-state index is 11.6. The van der Waals surface area contributed by atoms with E-state index in [2.05, 4.69) is 35.8 Å². The minimum atomic E-state index is -1.10. The predicted octanol–water partition coefficient (Wildman–Crippen LogP) is 2.22. The van der Waals surface area contributed by atoms with Gasteiger partial charge in [-0.2, -0.15) is 0 Å². The summed E-state index contributed by atoms with van der Waals surface area (Å²) in [5, 5.41) is 15.5. The Bertz CT molecular complexity index is 433. The van der Waals surface area contributed by atoms with Gasteiger partial charge in [-0.3, -0.25) is 4.79 Å². The van der Waals surface area contributed by atoms with Crippen LogP contribution in [0.1, 0.15) is 32.1 Å². The minimum absolute atomic E-state index is 0.269. The van der Waals surface area contributed by atoms with Crippen molar-refractivity contribution in [3.05, 3.63) is 0 Å². The summed E-state index contributed by atoms with van der Waals surface area (Å²) in [4.78, 5) is 11.6. The molecule has 7 nitrogen and oxygen atoms in total. The molecule has 2 aliphatic rings. The van der Waals surface area contributed by atoms with Crippen molar-refractivity contribution in [2.24, 2.45) is 16.9 Å². The van der Waals surface area contributed by atoms with Gasteiger partial charge in [0.1, 0.15) is 12.6 Å². The predicted molar refractivity (Wildman–Crippen MR) is 92.2 cm³/mol. The molecule has 1 saturated carbocycles. The molecule has 0 radical (unpaired) electrons. The molecular weight excluding hydrogens is 312 g/mol. The van der Waals surface area contributed by atoms with Crippen LogP contribution in [0.4, 0.5) is 0 Å². The topological polar surface area (TPSA) is 86.2 Å². The second-order valence-electron chi connectivity index (χ2n) is 7.72. The molecule has 3 N–H and O–H groups in total. The molecule has 8 heteroatoms. The zero-order valence-corrected chi connectivity index (χ0v) is 15.5. The fourth-order valence-corrected chi connectivity index (χ4v) is 3.84. The average molecular weight is 343 g/mol. The van der Waals surface area contributed by atoms with E-state index < -0.39 is 14.0 Å². The van der Waals surface area contributed by atoms with Crippen molar-refractivity contribution < 1.29 is 14.6 Å². The molecule has 0 aromatic rings. The second-order valence-corrected chi connectivity index (χ2v) is 13.3. The number of hydrazine groups is 2. The smallest absolute Gasteiger partial charge is 0.307 e. The summed E-state index contributed by atoms with van der Waals surface area (Å²) >= 11 is 0. The van der Waals surface area contributed by atoms with Crippen LogP contribution in [0.2, 0.25) is 25.7 Å². The molecule has 132 valence electrons. The van der Waals surface area contributed by atoms with Crippen LogP contribution in [-0.4, -0.2) is 43.3 Å². The van der Waals surface area contributed by atoms with Gasteiger partial charge in [0.05, 0.1) is 5.92 Å². The molecule has 0 saturated heterocycles. The fourth-order valence-electron chi connectivity index (χ4n) is 3.08. The lowest BCUT2D eigenvalue weighted by Crippen LogP contribution is -2.43. The normalized spacial score (nSPS) is 20.5. The van der Waals surface area contributed by atoms with Crippen molar-refractivity contribution in [3.63, 3.8) is 0 Å². The van der Waals surface area contributed by atoms with Crippen LogP contribution in [-0.2, 0) is 9.53 Å². The Labute approximate surface area is 139 Å². The lowest BCUT2D eigenvalue weighted by Gasteiger charge is -2.24. The highest BCUT2D eigenvalue weighted by Gasteiger charge is 2.33. The third-order valence-electron chi connectivity index (χ3n) is 4.59. The first-order chi connectivity index (χ1) is 10.9. The van der Waals surface area contributed by atoms with Gasteiger partial charge < -0.3 is 9.84 Å². The number of rotatable bonds is 9. The van der Waals surface area contributed by atoms with E-state index in [9.17, 15) is 9.90 Å². The summed E-state index contributed by atoms with van der Waals surface area (Å²) in [5.74, 6) is -0.0868. The summed E-state index contributed by atoms with van der Waals surface area (Å²) in [5.41, 5.74) is 5.63. The molecule has 0 bridgehead atoms. The number of carbonyl (C=O) groups is 1. The highest BCUT2D eigenvalue weighted by atomic mass is 28.3. The monoisotopic (exact) mass is 342 g/mol. The molecule has 0 spiro atoms. The summed E-state index contributed by atoms with van der Waals surface area (Å²) in [6.07, 6.45) is 4.74. The van der Waals surface area contributed by atoms with Crippen molar-refractivity contribution in [3.8, 4) is 0 Å². The molecule has 1 heterocycles. The van der Waals surface area contributed by atoms with Crippen LogP contribution in [0.3, 0.4) is 0 Å². The van der Waals surface area contributed by atoms with Gasteiger partial charge in [0.25, 0.3) is 0 Å². The van der Waals surface area contributed by atoms with E-state index in [1.54, 1.807) is 5.01 Å². The van der Waals surface area contributed by atoms with E-state index >= 15 is 0 Å². The van der Waals surface area contributed by atoms with Gasteiger partial charge in [-0.25, -0.2) is 10.5 Å². The lowest BCUT2D eigenvalue weighted by atomic mass is 9.88. The third kappa shape index (κ3) is 5.78. The number of ether oxygens (including phenoxy) is 1. The maximum atomic E-state index is 11.6. The van der Waals surface area contributed by atoms with Gasteiger partial charge in [-0.15, -0.1) is 10.6 Å². The van der Waals surface area contributed by atoms with Gasteiger partial charge in [-0.1, -0.05) is 32.5 Å². The van der Waals surface area contributed by atoms with Gasteiger partial charge in [0, 0.05) is 21.1 Å². The number of hydrazone groups is 1. The Morgan fingerprint density at radius 2 is 2.13 bits per heavy atom. The molecular formula is C15H30N4O3Si. The molecule has 1 fully saturated rings. The Kier molecular flexibility index (Phi) is 6.43. The lowest BCUT2D eigenvalue weighted by molar-refractivity contribution is -0.143. The minimum Gasteiger partial charge on any atom is -0.481 e. The van der Waals surface area contributed by atoms with Crippen LogP contribution in [0.15, 0.2) is 5.10 Å². The summed E-state index contributed by atoms with van der Waals surface area (Å²) in [7, 11) is -1.10. The Balaban J connectivity index is 1.81. The van der Waals surface area contributed by atoms with Crippen LogP contribution >= 0.6 is 0 Å². The van der Waals surface area contributed by atoms with Crippen molar-refractivity contribution in [1.29, 1.82) is 0 Å². The first-order valence-corrected chi connectivity index (χ1v) is 12.2. The third-order valence-corrected chi connectivity index (χ3v) is 6.29. The summed E-state index contributed by atoms with van der Waals surface area (Å²) in [6.45, 7) is 8.06. The maximum Gasteiger partial charge on any atom is 0.307 e. The quantitative estimate of drug-likeness (QED) is 0.440. The van der Waals surface area contributed by atoms with Crippen molar-refractivity contribution in [2.45, 2.75) is 57.8 Å². The molecule has 2 rings (SSSR count). The SMILES string of the molecule is C[Si](C)(C)CCOCN1NNN=C1C[C@@H](C(=O)O)C1CCCC1. The number of nitrogens with zero attached hydrogens (tertiary/aromatic N) is 2. The first kappa shape index (κ1) is 18.2. The largest absolute Gasteiger partial charge is 0.481 e. The van der Waals surface area contributed by atoms with Gasteiger partial charge in [0.2, 0.25) is 0 Å². The highest BCUT2D eigenvalue weighted by molar-refractivity contribution is 6.76. The van der Waals surface area contributed by atoms with Gasteiger partial charge in [0.15, 0.2) is 0 Å². The molecule has 0 unspecified atom stereocenters. The fraction of sp³-hybridized carbons (Fsp3) is 0.867. The first-order valence-electron chi connectivity index (χ1n) is 8.52. The van der Waals surface area contributed by atoms with Crippen LogP contribution in [0.5, 0.6) is 0 Å². The van der Waals surface area contributed by atoms with Crippen molar-refractivity contribution >= 4 is 19.9 Å². The molecule has 1 aliphatic heterocycles. The summed E-state index contributed by atoms with van der Waals surface area (Å²) < 4.78 is 5.72. The van der Waals surface area contributed by atoms with E-state index in [0.29, 0.717) is 13.2 Å². The van der Waals surface area contributed by atoms with E-state index in [1.165, 1.54) is 0 Å². The number of nitrogens with one attached hydrogen (secondary N) is 2. The number of carboxylic acid groups (broad SMARTS) is 1. The van der Waals surface area contributed by atoms with Crippen LogP contribution in [0.25, 0.3) is 0 Å². The summed E-state index contributed by atoms with van der Waals surface area (Å²) in [6, 6.07) is 1.11. The second kappa shape index (κ2) is 8.12. The van der Waals surface area contributed by atoms with E-state index in [1.807, 2.05) is 0 Å². The van der Waals surface area contributed by atoms with Gasteiger partial charge in [-0.05, 0) is 24.8 Å². The number of carboxylic acids is 1. The zero-order chi connectivity index (χ0) is 16.9. The molecule has 0 aromatic carbocycles. The van der Waals surface area contributed by atoms with E-state index in [-0.39, 0.29) is 11.8 Å². The van der Waals surface area contributed by atoms with E-state index in [4.69, 9.17) is 4.74 Å². The van der Waals surface area contributed by atoms with Crippen molar-refractivity contribution in [1.82, 2.24) is 16.1 Å². The van der Waals surface area contributed by atoms with Crippen LogP contribution < -0.4 is 11.1 Å². The zero-order valence-electron chi connectivity index (χ0n) is 14.5. The Morgan fingerprint density at radius 3 is 2.74 bits per heavy atom. The molecule has 0 amide bonds.